The van der Waals surface area contributed by atoms with E-state index in [0.29, 0.717) is 31.2 Å². The van der Waals surface area contributed by atoms with E-state index >= 15 is 0 Å². The number of esters is 1. The minimum Gasteiger partial charge on any atom is -0.462 e. The second kappa shape index (κ2) is 22.2. The van der Waals surface area contributed by atoms with Gasteiger partial charge in [-0.3, -0.25) is 9.59 Å². The Hall–Kier alpha value is -2.34. The van der Waals surface area contributed by atoms with E-state index in [2.05, 4.69) is 91.2 Å². The lowest BCUT2D eigenvalue weighted by Gasteiger charge is -2.29. The zero-order valence-corrected chi connectivity index (χ0v) is 29.4. The molecule has 1 aromatic rings. The Bertz CT molecular complexity index is 920. The number of benzene rings is 1. The second-order valence-corrected chi connectivity index (χ2v) is 13.8. The number of rotatable bonds is 19. The summed E-state index contributed by atoms with van der Waals surface area (Å²) in [6.07, 6.45) is 9.05. The number of aryl methyl sites for hydroxylation is 2. The first-order valence-corrected chi connectivity index (χ1v) is 16.6. The highest BCUT2D eigenvalue weighted by Gasteiger charge is 2.29. The number of carbonyl (C=O) groups is 2. The van der Waals surface area contributed by atoms with Gasteiger partial charge < -0.3 is 20.5 Å². The van der Waals surface area contributed by atoms with Crippen molar-refractivity contribution in [2.24, 2.45) is 34.8 Å². The van der Waals surface area contributed by atoms with Crippen molar-refractivity contribution in [1.82, 2.24) is 5.32 Å². The zero-order valence-electron chi connectivity index (χ0n) is 29.4. The average Bonchev–Trinajstić information content (AvgIpc) is 2.94. The molecule has 0 aliphatic carbocycles. The van der Waals surface area contributed by atoms with E-state index in [1.807, 2.05) is 6.92 Å². The van der Waals surface area contributed by atoms with Crippen LogP contribution in [0.15, 0.2) is 31.0 Å². The molecule has 2 unspecified atom stereocenters. The lowest BCUT2D eigenvalue weighted by Crippen LogP contribution is -2.40. The van der Waals surface area contributed by atoms with Crippen molar-refractivity contribution in [2.75, 3.05) is 20.3 Å². The van der Waals surface area contributed by atoms with Gasteiger partial charge in [-0.15, -0.1) is 0 Å². The Balaban J connectivity index is 0.00000562. The first-order valence-electron chi connectivity index (χ1n) is 16.6. The number of nitrogens with one attached hydrogen (secondary N) is 1. The quantitative estimate of drug-likeness (QED) is 0.123. The van der Waals surface area contributed by atoms with Gasteiger partial charge in [-0.2, -0.15) is 0 Å². The Morgan fingerprint density at radius 2 is 1.67 bits per heavy atom. The Morgan fingerprint density at radius 3 is 2.19 bits per heavy atom. The van der Waals surface area contributed by atoms with Gasteiger partial charge in [0.05, 0.1) is 0 Å². The highest BCUT2D eigenvalue weighted by molar-refractivity contribution is 5.79. The summed E-state index contributed by atoms with van der Waals surface area (Å²) in [6.45, 7) is 23.8. The molecule has 1 amide bonds. The molecule has 0 heterocycles. The Kier molecular flexibility index (Phi) is 21.0. The maximum atomic E-state index is 13.1. The third-order valence-corrected chi connectivity index (χ3v) is 8.03. The summed E-state index contributed by atoms with van der Waals surface area (Å²) in [7, 11) is 1.77. The normalized spacial score (nSPS) is 13.6. The fourth-order valence-electron chi connectivity index (χ4n) is 5.26. The molecule has 6 heteroatoms. The average molecular weight is 603 g/mol. The molecule has 248 valence electrons. The van der Waals surface area contributed by atoms with E-state index < -0.39 is 0 Å². The molecule has 0 radical (unpaired) electrons. The number of carbonyl (C=O) groups excluding carboxylic acids is 2. The maximum Gasteiger partial charge on any atom is 0.305 e. The molecule has 0 spiro atoms. The predicted molar refractivity (Wildman–Crippen MR) is 182 cm³/mol. The van der Waals surface area contributed by atoms with Gasteiger partial charge in [0.25, 0.3) is 0 Å². The summed E-state index contributed by atoms with van der Waals surface area (Å²) in [5.41, 5.74) is 8.93. The van der Waals surface area contributed by atoms with Crippen molar-refractivity contribution >= 4 is 11.9 Å². The van der Waals surface area contributed by atoms with Crippen LogP contribution in [0.2, 0.25) is 0 Å². The van der Waals surface area contributed by atoms with Crippen molar-refractivity contribution in [3.8, 4) is 0 Å². The highest BCUT2D eigenvalue weighted by Crippen LogP contribution is 2.29. The van der Waals surface area contributed by atoms with Gasteiger partial charge in [0.15, 0.2) is 0 Å². The van der Waals surface area contributed by atoms with E-state index in [-0.39, 0.29) is 35.2 Å². The summed E-state index contributed by atoms with van der Waals surface area (Å²) < 4.78 is 11.2. The third-order valence-electron chi connectivity index (χ3n) is 8.03. The standard InChI is InChI=1S/C35H61NO4.C2H5N/c1-11-28-17-16-27(22-30(28)15-13-14-20-39-10)21-29(25(3)4)18-19-31(40-33(37)12-2)23-32(26(5)6)34(38)36-24-35(7,8)9;1-2-3/h16-17,22,25-26,29,31-32H,11-15,18-21,23-24H2,1-10H3,(H,36,38);2H,1,3H2/t29?,31-,32?;/m1./s1. The SMILES string of the molecule is C=CN.CCC(=O)O[C@H](CCC(Cc1ccc(CC)c(CCCCOC)c1)C(C)C)CC(C(=O)NCC(C)(C)C)C(C)C. The van der Waals surface area contributed by atoms with Crippen molar-refractivity contribution in [1.29, 1.82) is 0 Å². The van der Waals surface area contributed by atoms with Crippen LogP contribution in [0.1, 0.15) is 118 Å². The van der Waals surface area contributed by atoms with Gasteiger partial charge in [0, 0.05) is 32.6 Å². The molecule has 0 saturated heterocycles. The van der Waals surface area contributed by atoms with E-state index in [1.54, 1.807) is 7.11 Å². The molecule has 0 aromatic heterocycles. The minimum absolute atomic E-state index is 0.0227. The highest BCUT2D eigenvalue weighted by atomic mass is 16.5. The Labute approximate surface area is 265 Å². The number of hydrogen-bond acceptors (Lipinski definition) is 5. The van der Waals surface area contributed by atoms with Gasteiger partial charge in [0.2, 0.25) is 5.91 Å². The Morgan fingerprint density at radius 1 is 1.02 bits per heavy atom. The molecular weight excluding hydrogens is 536 g/mol. The molecule has 0 bridgehead atoms. The third kappa shape index (κ3) is 18.2. The van der Waals surface area contributed by atoms with Crippen LogP contribution in [0.5, 0.6) is 0 Å². The van der Waals surface area contributed by atoms with Crippen LogP contribution in [0, 0.1) is 29.1 Å². The number of nitrogens with two attached hydrogens (primary N) is 1. The largest absolute Gasteiger partial charge is 0.462 e. The summed E-state index contributed by atoms with van der Waals surface area (Å²) in [5.74, 6) is 0.854. The molecule has 6 nitrogen and oxygen atoms in total. The number of hydrogen-bond donors (Lipinski definition) is 2. The number of ether oxygens (including phenoxy) is 2. The number of unbranched alkanes of at least 4 members (excludes halogenated alkanes) is 1. The van der Waals surface area contributed by atoms with Crippen LogP contribution in [0.4, 0.5) is 0 Å². The van der Waals surface area contributed by atoms with E-state index in [1.165, 1.54) is 22.9 Å². The molecule has 3 N–H and O–H groups in total. The maximum absolute atomic E-state index is 13.1. The van der Waals surface area contributed by atoms with Gasteiger partial charge >= 0.3 is 5.97 Å². The van der Waals surface area contributed by atoms with Gasteiger partial charge in [0.1, 0.15) is 6.10 Å². The molecule has 0 aliphatic rings. The van der Waals surface area contributed by atoms with Crippen molar-refractivity contribution < 1.29 is 19.1 Å². The van der Waals surface area contributed by atoms with Crippen LogP contribution in [-0.2, 0) is 38.3 Å². The topological polar surface area (TPSA) is 90.7 Å². The fourth-order valence-corrected chi connectivity index (χ4v) is 5.26. The van der Waals surface area contributed by atoms with Crippen molar-refractivity contribution in [2.45, 2.75) is 126 Å². The lowest BCUT2D eigenvalue weighted by molar-refractivity contribution is -0.151. The zero-order chi connectivity index (χ0) is 33.0. The van der Waals surface area contributed by atoms with Crippen LogP contribution in [0.3, 0.4) is 0 Å². The van der Waals surface area contributed by atoms with Gasteiger partial charge in [-0.1, -0.05) is 87.1 Å². The number of methoxy groups -OCH3 is 1. The first-order chi connectivity index (χ1) is 20.2. The monoisotopic (exact) mass is 603 g/mol. The molecule has 0 aliphatic heterocycles. The minimum atomic E-state index is -0.250. The molecule has 43 heavy (non-hydrogen) atoms. The van der Waals surface area contributed by atoms with Crippen molar-refractivity contribution in [3.05, 3.63) is 47.7 Å². The second-order valence-electron chi connectivity index (χ2n) is 13.8. The predicted octanol–water partition coefficient (Wildman–Crippen LogP) is 8.05. The number of amides is 1. The smallest absolute Gasteiger partial charge is 0.305 e. The van der Waals surface area contributed by atoms with E-state index in [0.717, 1.165) is 51.6 Å². The van der Waals surface area contributed by atoms with E-state index in [9.17, 15) is 9.59 Å². The summed E-state index contributed by atoms with van der Waals surface area (Å²) in [6, 6.07) is 7.04. The van der Waals surface area contributed by atoms with Gasteiger partial charge in [-0.05, 0) is 97.4 Å². The van der Waals surface area contributed by atoms with Crippen LogP contribution in [0.25, 0.3) is 0 Å². The summed E-state index contributed by atoms with van der Waals surface area (Å²) in [4.78, 5) is 25.5. The molecule has 1 aromatic carbocycles. The van der Waals surface area contributed by atoms with Crippen LogP contribution >= 0.6 is 0 Å². The summed E-state index contributed by atoms with van der Waals surface area (Å²) in [5, 5.41) is 3.14. The first kappa shape index (κ1) is 40.7. The molecule has 0 saturated carbocycles. The molecular formula is C37H66N2O4. The van der Waals surface area contributed by atoms with Gasteiger partial charge in [-0.25, -0.2) is 0 Å². The van der Waals surface area contributed by atoms with E-state index in [4.69, 9.17) is 9.47 Å². The lowest BCUT2D eigenvalue weighted by atomic mass is 9.82. The molecule has 0 fully saturated rings. The fraction of sp³-hybridized carbons (Fsp3) is 0.730. The van der Waals surface area contributed by atoms with Crippen LogP contribution < -0.4 is 11.1 Å². The molecule has 3 atom stereocenters. The summed E-state index contributed by atoms with van der Waals surface area (Å²) >= 11 is 0. The van der Waals surface area contributed by atoms with Crippen LogP contribution in [-0.4, -0.2) is 38.2 Å². The molecule has 1 rings (SSSR count). The van der Waals surface area contributed by atoms with Crippen molar-refractivity contribution in [3.63, 3.8) is 0 Å².